The number of aryl methyl sites for hydroxylation is 1. The van der Waals surface area contributed by atoms with Crippen LogP contribution in [0.15, 0.2) is 36.4 Å². The van der Waals surface area contributed by atoms with Crippen molar-refractivity contribution in [2.45, 2.75) is 25.8 Å². The van der Waals surface area contributed by atoms with Crippen LogP contribution in [0.2, 0.25) is 0 Å². The van der Waals surface area contributed by atoms with Crippen LogP contribution in [0, 0.1) is 0 Å². The summed E-state index contributed by atoms with van der Waals surface area (Å²) >= 11 is 7.46. The molecule has 2 nitrogen and oxygen atoms in total. The summed E-state index contributed by atoms with van der Waals surface area (Å²) in [6.45, 7) is 2.72. The molecule has 1 N–H and O–H groups in total. The molecule has 2 rings (SSSR count). The SMILES string of the molecule is CCc1ccc(CNC(=O)c2ccc(CCl)cc2)s1. The van der Waals surface area contributed by atoms with E-state index in [4.69, 9.17) is 11.6 Å². The predicted octanol–water partition coefficient (Wildman–Crippen LogP) is 3.98. The number of carbonyl (C=O) groups excluding carboxylic acids is 1. The van der Waals surface area contributed by atoms with E-state index in [9.17, 15) is 4.79 Å². The fraction of sp³-hybridized carbons (Fsp3) is 0.267. The highest BCUT2D eigenvalue weighted by molar-refractivity contribution is 7.11. The zero-order valence-electron chi connectivity index (χ0n) is 10.8. The number of benzene rings is 1. The molecule has 1 heterocycles. The Bertz CT molecular complexity index is 548. The summed E-state index contributed by atoms with van der Waals surface area (Å²) < 4.78 is 0. The normalized spacial score (nSPS) is 10.4. The molecule has 0 aliphatic heterocycles. The maximum Gasteiger partial charge on any atom is 0.251 e. The molecule has 0 aliphatic rings. The van der Waals surface area contributed by atoms with E-state index in [-0.39, 0.29) is 5.91 Å². The van der Waals surface area contributed by atoms with Crippen LogP contribution in [0.25, 0.3) is 0 Å². The van der Waals surface area contributed by atoms with Gasteiger partial charge >= 0.3 is 0 Å². The Morgan fingerprint density at radius 2 is 1.84 bits per heavy atom. The molecule has 0 unspecified atom stereocenters. The number of thiophene rings is 1. The Balaban J connectivity index is 1.93. The second-order valence-electron chi connectivity index (χ2n) is 4.23. The van der Waals surface area contributed by atoms with Crippen molar-refractivity contribution in [2.75, 3.05) is 0 Å². The van der Waals surface area contributed by atoms with Crippen molar-refractivity contribution < 1.29 is 4.79 Å². The minimum Gasteiger partial charge on any atom is -0.347 e. The highest BCUT2D eigenvalue weighted by Crippen LogP contribution is 2.16. The zero-order chi connectivity index (χ0) is 13.7. The third-order valence-electron chi connectivity index (χ3n) is 2.86. The Morgan fingerprint density at radius 3 is 2.42 bits per heavy atom. The van der Waals surface area contributed by atoms with Crippen molar-refractivity contribution in [3.63, 3.8) is 0 Å². The third-order valence-corrected chi connectivity index (χ3v) is 4.40. The van der Waals surface area contributed by atoms with Crippen LogP contribution in [0.5, 0.6) is 0 Å². The average Bonchev–Trinajstić information content (AvgIpc) is 2.93. The summed E-state index contributed by atoms with van der Waals surface area (Å²) in [5, 5.41) is 2.93. The second kappa shape index (κ2) is 6.73. The van der Waals surface area contributed by atoms with Crippen molar-refractivity contribution in [3.05, 3.63) is 57.3 Å². The largest absolute Gasteiger partial charge is 0.347 e. The van der Waals surface area contributed by atoms with Gasteiger partial charge in [-0.2, -0.15) is 0 Å². The molecule has 1 amide bonds. The monoisotopic (exact) mass is 293 g/mol. The van der Waals surface area contributed by atoms with Gasteiger partial charge in [0.2, 0.25) is 0 Å². The van der Waals surface area contributed by atoms with Gasteiger partial charge in [-0.15, -0.1) is 22.9 Å². The lowest BCUT2D eigenvalue weighted by molar-refractivity contribution is 0.0951. The number of amides is 1. The minimum atomic E-state index is -0.0485. The number of hydrogen-bond donors (Lipinski definition) is 1. The van der Waals surface area contributed by atoms with E-state index in [1.807, 2.05) is 12.1 Å². The number of carbonyl (C=O) groups is 1. The fourth-order valence-electron chi connectivity index (χ4n) is 1.72. The van der Waals surface area contributed by atoms with Crippen LogP contribution in [0.1, 0.15) is 32.6 Å². The van der Waals surface area contributed by atoms with E-state index in [1.54, 1.807) is 23.5 Å². The molecule has 0 radical (unpaired) electrons. The first-order valence-electron chi connectivity index (χ1n) is 6.23. The van der Waals surface area contributed by atoms with Crippen molar-refractivity contribution in [1.29, 1.82) is 0 Å². The molecule has 2 aromatic rings. The van der Waals surface area contributed by atoms with E-state index in [2.05, 4.69) is 24.4 Å². The Morgan fingerprint density at radius 1 is 1.16 bits per heavy atom. The second-order valence-corrected chi connectivity index (χ2v) is 5.75. The lowest BCUT2D eigenvalue weighted by atomic mass is 10.1. The summed E-state index contributed by atoms with van der Waals surface area (Å²) in [7, 11) is 0. The number of hydrogen-bond acceptors (Lipinski definition) is 2. The first kappa shape index (κ1) is 14.1. The first-order valence-corrected chi connectivity index (χ1v) is 7.58. The van der Waals surface area contributed by atoms with E-state index >= 15 is 0 Å². The number of halogens is 1. The van der Waals surface area contributed by atoms with Gasteiger partial charge in [-0.25, -0.2) is 0 Å². The highest BCUT2D eigenvalue weighted by atomic mass is 35.5. The van der Waals surface area contributed by atoms with Crippen LogP contribution in [-0.4, -0.2) is 5.91 Å². The molecule has 19 heavy (non-hydrogen) atoms. The molecule has 0 atom stereocenters. The van der Waals surface area contributed by atoms with Gasteiger partial charge in [-0.3, -0.25) is 4.79 Å². The van der Waals surface area contributed by atoms with Gasteiger partial charge < -0.3 is 5.32 Å². The summed E-state index contributed by atoms with van der Waals surface area (Å²) in [6, 6.07) is 11.5. The van der Waals surface area contributed by atoms with Crippen LogP contribution in [0.4, 0.5) is 0 Å². The van der Waals surface area contributed by atoms with Crippen LogP contribution < -0.4 is 5.32 Å². The van der Waals surface area contributed by atoms with Crippen molar-refractivity contribution in [1.82, 2.24) is 5.32 Å². The van der Waals surface area contributed by atoms with Crippen LogP contribution in [-0.2, 0) is 18.8 Å². The molecule has 4 heteroatoms. The van der Waals surface area contributed by atoms with E-state index in [0.717, 1.165) is 12.0 Å². The molecule has 1 aromatic heterocycles. The van der Waals surface area contributed by atoms with Crippen molar-refractivity contribution in [3.8, 4) is 0 Å². The number of rotatable bonds is 5. The maximum absolute atomic E-state index is 12.0. The molecule has 0 saturated carbocycles. The van der Waals surface area contributed by atoms with Gasteiger partial charge in [0.05, 0.1) is 6.54 Å². The molecule has 1 aromatic carbocycles. The number of nitrogens with one attached hydrogen (secondary N) is 1. The van der Waals surface area contributed by atoms with Crippen LogP contribution >= 0.6 is 22.9 Å². The van der Waals surface area contributed by atoms with E-state index in [0.29, 0.717) is 18.0 Å². The number of alkyl halides is 1. The lowest BCUT2D eigenvalue weighted by Gasteiger charge is -2.04. The Hall–Kier alpha value is -1.32. The molecule has 0 fully saturated rings. The molecular weight excluding hydrogens is 278 g/mol. The summed E-state index contributed by atoms with van der Waals surface area (Å²) in [6.07, 6.45) is 1.04. The zero-order valence-corrected chi connectivity index (χ0v) is 12.4. The average molecular weight is 294 g/mol. The van der Waals surface area contributed by atoms with Gasteiger partial charge in [0.15, 0.2) is 0 Å². The first-order chi connectivity index (χ1) is 9.22. The summed E-state index contributed by atoms with van der Waals surface area (Å²) in [5.74, 6) is 0.421. The predicted molar refractivity (Wildman–Crippen MR) is 80.9 cm³/mol. The van der Waals surface area contributed by atoms with Gasteiger partial charge in [-0.1, -0.05) is 19.1 Å². The van der Waals surface area contributed by atoms with Gasteiger partial charge in [0, 0.05) is 21.2 Å². The van der Waals surface area contributed by atoms with E-state index < -0.39 is 0 Å². The topological polar surface area (TPSA) is 29.1 Å². The van der Waals surface area contributed by atoms with Crippen LogP contribution in [0.3, 0.4) is 0 Å². The Labute approximate surface area is 122 Å². The molecule has 0 aliphatic carbocycles. The summed E-state index contributed by atoms with van der Waals surface area (Å²) in [4.78, 5) is 14.5. The van der Waals surface area contributed by atoms with E-state index in [1.165, 1.54) is 9.75 Å². The minimum absolute atomic E-state index is 0.0485. The van der Waals surface area contributed by atoms with Crippen molar-refractivity contribution >= 4 is 28.8 Å². The lowest BCUT2D eigenvalue weighted by Crippen LogP contribution is -2.22. The quantitative estimate of drug-likeness (QED) is 0.830. The standard InChI is InChI=1S/C15H16ClNOS/c1-2-13-7-8-14(19-13)10-17-15(18)12-5-3-11(9-16)4-6-12/h3-8H,2,9-10H2,1H3,(H,17,18). The molecule has 0 saturated heterocycles. The van der Waals surface area contributed by atoms with Gasteiger partial charge in [-0.05, 0) is 36.2 Å². The fourth-order valence-corrected chi connectivity index (χ4v) is 2.80. The molecular formula is C15H16ClNOS. The highest BCUT2D eigenvalue weighted by Gasteiger charge is 2.06. The molecule has 100 valence electrons. The van der Waals surface area contributed by atoms with Gasteiger partial charge in [0.25, 0.3) is 5.91 Å². The molecule has 0 bridgehead atoms. The summed E-state index contributed by atoms with van der Waals surface area (Å²) in [5.41, 5.74) is 1.69. The maximum atomic E-state index is 12.0. The Kier molecular flexibility index (Phi) is 5.00. The van der Waals surface area contributed by atoms with Crippen molar-refractivity contribution in [2.24, 2.45) is 0 Å². The van der Waals surface area contributed by atoms with Gasteiger partial charge in [0.1, 0.15) is 0 Å². The molecule has 0 spiro atoms. The smallest absolute Gasteiger partial charge is 0.251 e. The third kappa shape index (κ3) is 3.82.